The van der Waals surface area contributed by atoms with Crippen molar-refractivity contribution in [3.63, 3.8) is 0 Å². The van der Waals surface area contributed by atoms with Crippen LogP contribution in [0.3, 0.4) is 0 Å². The molecule has 0 radical (unpaired) electrons. The molecule has 0 aliphatic heterocycles. The minimum atomic E-state index is 1.14. The molecule has 0 spiro atoms. The molecular weight excluding hydrogens is 472 g/mol. The molecule has 0 unspecified atom stereocenters. The normalized spacial score (nSPS) is 12.2. The molecule has 184 valence electrons. The van der Waals surface area contributed by atoms with Gasteiger partial charge in [0.05, 0.1) is 16.9 Å². The average Bonchev–Trinajstić information content (AvgIpc) is 3.62. The Morgan fingerprint density at radius 2 is 1.51 bits per heavy atom. The Bertz CT molecular complexity index is 2130. The molecule has 0 bridgehead atoms. The fourth-order valence-corrected chi connectivity index (χ4v) is 6.51. The van der Waals surface area contributed by atoms with Gasteiger partial charge < -0.3 is 9.55 Å². The zero-order valence-electron chi connectivity index (χ0n) is 21.7. The Balaban J connectivity index is 1.26. The summed E-state index contributed by atoms with van der Waals surface area (Å²) >= 11 is 0. The van der Waals surface area contributed by atoms with Gasteiger partial charge in [0.2, 0.25) is 0 Å². The van der Waals surface area contributed by atoms with Crippen molar-refractivity contribution in [2.24, 2.45) is 0 Å². The van der Waals surface area contributed by atoms with E-state index in [9.17, 15) is 0 Å². The zero-order valence-corrected chi connectivity index (χ0v) is 21.7. The molecular formula is C37H26N2. The van der Waals surface area contributed by atoms with Crippen LogP contribution in [0.1, 0.15) is 18.2 Å². The first kappa shape index (κ1) is 22.0. The van der Waals surface area contributed by atoms with Crippen LogP contribution in [0.4, 0.5) is 0 Å². The molecule has 1 aliphatic rings. The lowest BCUT2D eigenvalue weighted by Gasteiger charge is -2.11. The number of hydrogen-bond acceptors (Lipinski definition) is 0. The first-order valence-corrected chi connectivity index (χ1v) is 13.4. The van der Waals surface area contributed by atoms with Crippen molar-refractivity contribution in [2.45, 2.75) is 6.92 Å². The van der Waals surface area contributed by atoms with E-state index >= 15 is 0 Å². The molecule has 0 atom stereocenters. The van der Waals surface area contributed by atoms with Gasteiger partial charge in [-0.05, 0) is 70.8 Å². The van der Waals surface area contributed by atoms with E-state index in [1.807, 2.05) is 6.08 Å². The van der Waals surface area contributed by atoms with Gasteiger partial charge in [0.25, 0.3) is 0 Å². The van der Waals surface area contributed by atoms with Gasteiger partial charge in [-0.15, -0.1) is 0 Å². The molecule has 2 aromatic heterocycles. The summed E-state index contributed by atoms with van der Waals surface area (Å²) in [5.74, 6) is 0. The second-order valence-corrected chi connectivity index (χ2v) is 10.2. The number of fused-ring (bicyclic) bond motifs is 6. The summed E-state index contributed by atoms with van der Waals surface area (Å²) in [7, 11) is 0. The molecule has 2 nitrogen and oxygen atoms in total. The molecule has 0 saturated carbocycles. The van der Waals surface area contributed by atoms with Crippen LogP contribution in [0, 0.1) is 0 Å². The molecule has 2 heteroatoms. The lowest BCUT2D eigenvalue weighted by Crippen LogP contribution is -1.97. The zero-order chi connectivity index (χ0) is 26.1. The second-order valence-electron chi connectivity index (χ2n) is 10.2. The number of para-hydroxylation sites is 1. The number of allylic oxidation sites excluding steroid dienone is 1. The highest BCUT2D eigenvalue weighted by molar-refractivity contribution is 6.21. The Hall–Kier alpha value is -5.08. The highest BCUT2D eigenvalue weighted by Crippen LogP contribution is 2.50. The SMILES string of the molecule is C=Cc1c(/C=C\C)n(-c2ccc(-c3ccc4[nH]c5c(c4c3)-c3cccc4cccc-5c34)cc2)c2ccccc12. The van der Waals surface area contributed by atoms with Crippen LogP contribution in [0.2, 0.25) is 0 Å². The Morgan fingerprint density at radius 1 is 0.744 bits per heavy atom. The maximum Gasteiger partial charge on any atom is 0.0551 e. The van der Waals surface area contributed by atoms with E-state index in [0.29, 0.717) is 0 Å². The van der Waals surface area contributed by atoms with E-state index in [-0.39, 0.29) is 0 Å². The first-order chi connectivity index (χ1) is 19.3. The first-order valence-electron chi connectivity index (χ1n) is 13.4. The minimum Gasteiger partial charge on any atom is -0.354 e. The Morgan fingerprint density at radius 3 is 2.31 bits per heavy atom. The third kappa shape index (κ3) is 3.03. The Kier molecular flexibility index (Phi) is 4.62. The molecule has 39 heavy (non-hydrogen) atoms. The number of aromatic nitrogens is 2. The number of aromatic amines is 1. The molecule has 0 saturated heterocycles. The quantitative estimate of drug-likeness (QED) is 0.249. The molecule has 7 aromatic rings. The monoisotopic (exact) mass is 498 g/mol. The van der Waals surface area contributed by atoms with Crippen LogP contribution < -0.4 is 0 Å². The van der Waals surface area contributed by atoms with Crippen molar-refractivity contribution in [2.75, 3.05) is 0 Å². The maximum absolute atomic E-state index is 4.11. The number of benzene rings is 5. The number of rotatable bonds is 4. The highest BCUT2D eigenvalue weighted by atomic mass is 15.0. The van der Waals surface area contributed by atoms with Gasteiger partial charge in [0.1, 0.15) is 0 Å². The summed E-state index contributed by atoms with van der Waals surface area (Å²) in [6, 6.07) is 37.5. The van der Waals surface area contributed by atoms with Crippen molar-refractivity contribution in [3.05, 3.63) is 127 Å². The van der Waals surface area contributed by atoms with Gasteiger partial charge in [0, 0.05) is 38.7 Å². The molecule has 0 amide bonds. The van der Waals surface area contributed by atoms with Crippen LogP contribution in [0.15, 0.2) is 116 Å². The van der Waals surface area contributed by atoms with Gasteiger partial charge in [0.15, 0.2) is 0 Å². The maximum atomic E-state index is 4.11. The van der Waals surface area contributed by atoms with E-state index in [0.717, 1.165) is 16.9 Å². The lowest BCUT2D eigenvalue weighted by molar-refractivity contribution is 1.10. The van der Waals surface area contributed by atoms with Crippen molar-refractivity contribution in [3.8, 4) is 39.2 Å². The Labute approximate surface area is 227 Å². The molecule has 1 N–H and O–H groups in total. The predicted octanol–water partition coefficient (Wildman–Crippen LogP) is 10.3. The summed E-state index contributed by atoms with van der Waals surface area (Å²) in [5.41, 5.74) is 13.4. The van der Waals surface area contributed by atoms with Crippen LogP contribution in [-0.4, -0.2) is 9.55 Å². The standard InChI is InChI=1S/C37H26N2/c1-3-9-33-27(4-2)28-12-5-6-15-34(28)39(33)26-19-16-23(17-20-26)25-18-21-32-31(22-25)36-29-13-7-10-24-11-8-14-30(35(24)29)37(36)38-32/h3-22,38H,2H2,1H3/b9-3-. The molecule has 5 aromatic carbocycles. The smallest absolute Gasteiger partial charge is 0.0551 e. The fraction of sp³-hybridized carbons (Fsp3) is 0.0270. The second kappa shape index (κ2) is 8.21. The molecule has 2 heterocycles. The number of H-pyrrole nitrogens is 1. The highest BCUT2D eigenvalue weighted by Gasteiger charge is 2.25. The summed E-state index contributed by atoms with van der Waals surface area (Å²) in [6.07, 6.45) is 6.23. The number of nitrogens with one attached hydrogen (secondary N) is 1. The van der Waals surface area contributed by atoms with E-state index < -0.39 is 0 Å². The number of hydrogen-bond donors (Lipinski definition) is 1. The van der Waals surface area contributed by atoms with Crippen LogP contribution >= 0.6 is 0 Å². The topological polar surface area (TPSA) is 20.7 Å². The summed E-state index contributed by atoms with van der Waals surface area (Å²) < 4.78 is 2.33. The molecule has 0 fully saturated rings. The molecule has 1 aliphatic carbocycles. The third-order valence-electron chi connectivity index (χ3n) is 8.18. The van der Waals surface area contributed by atoms with Crippen LogP contribution in [0.5, 0.6) is 0 Å². The van der Waals surface area contributed by atoms with Crippen LogP contribution in [-0.2, 0) is 0 Å². The van der Waals surface area contributed by atoms with Crippen LogP contribution in [0.25, 0.3) is 83.9 Å². The summed E-state index contributed by atoms with van der Waals surface area (Å²) in [4.78, 5) is 3.72. The largest absolute Gasteiger partial charge is 0.354 e. The average molecular weight is 499 g/mol. The van der Waals surface area contributed by atoms with Gasteiger partial charge in [-0.1, -0.05) is 91.5 Å². The molecule has 8 rings (SSSR count). The third-order valence-corrected chi connectivity index (χ3v) is 8.18. The van der Waals surface area contributed by atoms with E-state index in [2.05, 4.69) is 138 Å². The van der Waals surface area contributed by atoms with E-state index in [1.165, 1.54) is 66.1 Å². The van der Waals surface area contributed by atoms with Gasteiger partial charge in [-0.25, -0.2) is 0 Å². The summed E-state index contributed by atoms with van der Waals surface area (Å²) in [6.45, 7) is 6.17. The minimum absolute atomic E-state index is 1.14. The van der Waals surface area contributed by atoms with Crippen molar-refractivity contribution in [1.82, 2.24) is 9.55 Å². The van der Waals surface area contributed by atoms with E-state index in [1.54, 1.807) is 0 Å². The van der Waals surface area contributed by atoms with Crippen molar-refractivity contribution in [1.29, 1.82) is 0 Å². The summed E-state index contributed by atoms with van der Waals surface area (Å²) in [5, 5.41) is 5.14. The lowest BCUT2D eigenvalue weighted by atomic mass is 9.99. The van der Waals surface area contributed by atoms with Gasteiger partial charge in [-0.3, -0.25) is 0 Å². The predicted molar refractivity (Wildman–Crippen MR) is 167 cm³/mol. The van der Waals surface area contributed by atoms with Crippen molar-refractivity contribution < 1.29 is 0 Å². The van der Waals surface area contributed by atoms with Gasteiger partial charge in [-0.2, -0.15) is 0 Å². The van der Waals surface area contributed by atoms with Gasteiger partial charge >= 0.3 is 0 Å². The van der Waals surface area contributed by atoms with Crippen molar-refractivity contribution >= 4 is 44.7 Å². The fourth-order valence-electron chi connectivity index (χ4n) is 6.51. The van der Waals surface area contributed by atoms with E-state index in [4.69, 9.17) is 0 Å². The number of nitrogens with zero attached hydrogens (tertiary/aromatic N) is 1.